The Morgan fingerprint density at radius 2 is 2.20 bits per heavy atom. The molecule has 0 bridgehead atoms. The van der Waals surface area contributed by atoms with Gasteiger partial charge in [0.25, 0.3) is 0 Å². The van der Waals surface area contributed by atoms with E-state index in [4.69, 9.17) is 16.3 Å². The van der Waals surface area contributed by atoms with E-state index in [1.54, 1.807) is 7.11 Å². The van der Waals surface area contributed by atoms with Gasteiger partial charge in [-0.05, 0) is 44.0 Å². The standard InChI is InChI=1S/C16H25ClN2O/c1-4-18-12(2)15-8-7-14(11-16(15)17)19(9-10-20-3)13-5-6-13/h7-8,11-13,18H,4-6,9-10H2,1-3H3. The molecule has 20 heavy (non-hydrogen) atoms. The van der Waals surface area contributed by atoms with Gasteiger partial charge in [-0.25, -0.2) is 0 Å². The number of benzene rings is 1. The average Bonchev–Trinajstić information content (AvgIpc) is 3.24. The maximum atomic E-state index is 6.47. The lowest BCUT2D eigenvalue weighted by Crippen LogP contribution is -2.29. The van der Waals surface area contributed by atoms with Crippen LogP contribution in [0.1, 0.15) is 38.3 Å². The van der Waals surface area contributed by atoms with Gasteiger partial charge in [0.1, 0.15) is 0 Å². The van der Waals surface area contributed by atoms with Gasteiger partial charge >= 0.3 is 0 Å². The van der Waals surface area contributed by atoms with Crippen molar-refractivity contribution in [2.45, 2.75) is 38.8 Å². The van der Waals surface area contributed by atoms with Gasteiger partial charge < -0.3 is 15.0 Å². The summed E-state index contributed by atoms with van der Waals surface area (Å²) in [6, 6.07) is 7.38. The van der Waals surface area contributed by atoms with E-state index >= 15 is 0 Å². The van der Waals surface area contributed by atoms with Crippen molar-refractivity contribution in [1.29, 1.82) is 0 Å². The summed E-state index contributed by atoms with van der Waals surface area (Å²) in [5.74, 6) is 0. The first-order valence-electron chi connectivity index (χ1n) is 7.45. The van der Waals surface area contributed by atoms with Crippen LogP contribution in [0.25, 0.3) is 0 Å². The zero-order chi connectivity index (χ0) is 14.5. The molecule has 0 amide bonds. The molecule has 4 heteroatoms. The number of hydrogen-bond acceptors (Lipinski definition) is 3. The van der Waals surface area contributed by atoms with Crippen LogP contribution in [0.3, 0.4) is 0 Å². The second-order valence-corrected chi connectivity index (χ2v) is 5.81. The number of anilines is 1. The monoisotopic (exact) mass is 296 g/mol. The molecule has 3 nitrogen and oxygen atoms in total. The predicted molar refractivity (Wildman–Crippen MR) is 85.8 cm³/mol. The molecular formula is C16H25ClN2O. The fraction of sp³-hybridized carbons (Fsp3) is 0.625. The topological polar surface area (TPSA) is 24.5 Å². The summed E-state index contributed by atoms with van der Waals surface area (Å²) in [7, 11) is 1.75. The summed E-state index contributed by atoms with van der Waals surface area (Å²) in [6.45, 7) is 6.89. The van der Waals surface area contributed by atoms with Gasteiger partial charge in [-0.2, -0.15) is 0 Å². The van der Waals surface area contributed by atoms with Crippen molar-refractivity contribution in [2.75, 3.05) is 31.7 Å². The van der Waals surface area contributed by atoms with E-state index in [1.807, 2.05) is 0 Å². The van der Waals surface area contributed by atoms with E-state index in [2.05, 4.69) is 42.3 Å². The van der Waals surface area contributed by atoms with Gasteiger partial charge in [0.2, 0.25) is 0 Å². The van der Waals surface area contributed by atoms with Crippen molar-refractivity contribution in [3.05, 3.63) is 28.8 Å². The molecule has 0 radical (unpaired) electrons. The van der Waals surface area contributed by atoms with Crippen molar-refractivity contribution in [3.63, 3.8) is 0 Å². The fourth-order valence-electron chi connectivity index (χ4n) is 2.56. The highest BCUT2D eigenvalue weighted by Crippen LogP contribution is 2.34. The summed E-state index contributed by atoms with van der Waals surface area (Å²) in [5.41, 5.74) is 2.38. The number of rotatable bonds is 8. The lowest BCUT2D eigenvalue weighted by molar-refractivity contribution is 0.205. The van der Waals surface area contributed by atoms with Gasteiger partial charge in [0.05, 0.1) is 6.61 Å². The Morgan fingerprint density at radius 1 is 1.45 bits per heavy atom. The Balaban J connectivity index is 2.13. The first-order valence-corrected chi connectivity index (χ1v) is 7.83. The molecule has 112 valence electrons. The molecule has 0 aliphatic heterocycles. The molecule has 1 saturated carbocycles. The number of nitrogens with one attached hydrogen (secondary N) is 1. The number of methoxy groups -OCH3 is 1. The van der Waals surface area contributed by atoms with Gasteiger partial charge in [-0.3, -0.25) is 0 Å². The Labute approximate surface area is 127 Å². The van der Waals surface area contributed by atoms with Crippen LogP contribution in [0.2, 0.25) is 5.02 Å². The van der Waals surface area contributed by atoms with Crippen LogP contribution in [0.4, 0.5) is 5.69 Å². The molecule has 1 N–H and O–H groups in total. The van der Waals surface area contributed by atoms with Crippen LogP contribution in [-0.2, 0) is 4.74 Å². The van der Waals surface area contributed by atoms with Gasteiger partial charge in [0.15, 0.2) is 0 Å². The zero-order valence-corrected chi connectivity index (χ0v) is 13.4. The summed E-state index contributed by atoms with van der Waals surface area (Å²) < 4.78 is 5.21. The molecule has 1 aliphatic carbocycles. The Bertz CT molecular complexity index is 434. The molecule has 0 heterocycles. The zero-order valence-electron chi connectivity index (χ0n) is 12.7. The first-order chi connectivity index (χ1) is 9.67. The minimum Gasteiger partial charge on any atom is -0.383 e. The van der Waals surface area contributed by atoms with Crippen molar-refractivity contribution < 1.29 is 4.74 Å². The Hall–Kier alpha value is -0.770. The van der Waals surface area contributed by atoms with Crippen LogP contribution in [0.15, 0.2) is 18.2 Å². The summed E-state index contributed by atoms with van der Waals surface area (Å²) in [4.78, 5) is 2.41. The fourth-order valence-corrected chi connectivity index (χ4v) is 2.90. The third kappa shape index (κ3) is 3.87. The second-order valence-electron chi connectivity index (χ2n) is 5.40. The van der Waals surface area contributed by atoms with Crippen molar-refractivity contribution in [3.8, 4) is 0 Å². The van der Waals surface area contributed by atoms with Crippen LogP contribution < -0.4 is 10.2 Å². The molecular weight excluding hydrogens is 272 g/mol. The predicted octanol–water partition coefficient (Wildman–Crippen LogP) is 3.63. The molecule has 0 saturated heterocycles. The summed E-state index contributed by atoms with van der Waals surface area (Å²) in [6.07, 6.45) is 2.55. The van der Waals surface area contributed by atoms with Crippen LogP contribution in [0.5, 0.6) is 0 Å². The third-order valence-electron chi connectivity index (χ3n) is 3.82. The lowest BCUT2D eigenvalue weighted by Gasteiger charge is -2.25. The lowest BCUT2D eigenvalue weighted by atomic mass is 10.1. The van der Waals surface area contributed by atoms with E-state index in [0.717, 1.165) is 24.7 Å². The molecule has 1 unspecified atom stereocenters. The summed E-state index contributed by atoms with van der Waals surface area (Å²) in [5, 5.41) is 4.25. The number of nitrogens with zero attached hydrogens (tertiary/aromatic N) is 1. The normalized spacial score (nSPS) is 16.2. The molecule has 0 spiro atoms. The SMILES string of the molecule is CCNC(C)c1ccc(N(CCOC)C2CC2)cc1Cl. The summed E-state index contributed by atoms with van der Waals surface area (Å²) >= 11 is 6.47. The van der Waals surface area contributed by atoms with E-state index < -0.39 is 0 Å². The quantitative estimate of drug-likeness (QED) is 0.793. The average molecular weight is 297 g/mol. The molecule has 0 aromatic heterocycles. The molecule has 1 atom stereocenters. The van der Waals surface area contributed by atoms with E-state index in [1.165, 1.54) is 24.1 Å². The second kappa shape index (κ2) is 7.30. The van der Waals surface area contributed by atoms with E-state index in [0.29, 0.717) is 6.04 Å². The van der Waals surface area contributed by atoms with Crippen LogP contribution in [-0.4, -0.2) is 32.8 Å². The number of halogens is 1. The Kier molecular flexibility index (Phi) is 5.70. The van der Waals surface area contributed by atoms with Crippen molar-refractivity contribution in [1.82, 2.24) is 5.32 Å². The highest BCUT2D eigenvalue weighted by atomic mass is 35.5. The largest absolute Gasteiger partial charge is 0.383 e. The minimum absolute atomic E-state index is 0.287. The molecule has 2 rings (SSSR count). The van der Waals surface area contributed by atoms with E-state index in [-0.39, 0.29) is 6.04 Å². The van der Waals surface area contributed by atoms with Crippen LogP contribution in [0, 0.1) is 0 Å². The maximum Gasteiger partial charge on any atom is 0.0637 e. The minimum atomic E-state index is 0.287. The highest BCUT2D eigenvalue weighted by Gasteiger charge is 2.29. The molecule has 1 aliphatic rings. The molecule has 1 fully saturated rings. The van der Waals surface area contributed by atoms with Gasteiger partial charge in [0, 0.05) is 36.4 Å². The maximum absolute atomic E-state index is 6.47. The third-order valence-corrected chi connectivity index (χ3v) is 4.14. The van der Waals surface area contributed by atoms with Gasteiger partial charge in [-0.15, -0.1) is 0 Å². The van der Waals surface area contributed by atoms with Crippen LogP contribution >= 0.6 is 11.6 Å². The first kappa shape index (κ1) is 15.6. The Morgan fingerprint density at radius 3 is 2.75 bits per heavy atom. The smallest absolute Gasteiger partial charge is 0.0637 e. The van der Waals surface area contributed by atoms with Crippen molar-refractivity contribution >= 4 is 17.3 Å². The van der Waals surface area contributed by atoms with E-state index in [9.17, 15) is 0 Å². The molecule has 1 aromatic rings. The highest BCUT2D eigenvalue weighted by molar-refractivity contribution is 6.31. The molecule has 1 aromatic carbocycles. The number of ether oxygens (including phenoxy) is 1. The van der Waals surface area contributed by atoms with Gasteiger partial charge in [-0.1, -0.05) is 24.6 Å². The van der Waals surface area contributed by atoms with Crippen molar-refractivity contribution in [2.24, 2.45) is 0 Å². The number of hydrogen-bond donors (Lipinski definition) is 1.